The Morgan fingerprint density at radius 1 is 1.42 bits per heavy atom. The Balaban J connectivity index is 2.14. The van der Waals surface area contributed by atoms with Gasteiger partial charge >= 0.3 is 0 Å². The molecule has 5 heteroatoms. The van der Waals surface area contributed by atoms with Gasteiger partial charge in [-0.05, 0) is 33.4 Å². The molecule has 1 unspecified atom stereocenters. The predicted molar refractivity (Wildman–Crippen MR) is 79.6 cm³/mol. The van der Waals surface area contributed by atoms with Crippen LogP contribution in [-0.2, 0) is 6.42 Å². The van der Waals surface area contributed by atoms with Crippen LogP contribution in [0.1, 0.15) is 49.1 Å². The minimum atomic E-state index is 0.313. The second-order valence-electron chi connectivity index (χ2n) is 5.00. The second kappa shape index (κ2) is 6.30. The lowest BCUT2D eigenvalue weighted by Crippen LogP contribution is -2.23. The fourth-order valence-corrected chi connectivity index (χ4v) is 3.01. The van der Waals surface area contributed by atoms with Crippen LogP contribution in [0.2, 0.25) is 0 Å². The summed E-state index contributed by atoms with van der Waals surface area (Å²) in [6, 6.07) is 2.84. The number of aromatic nitrogens is 3. The number of nitrogens with one attached hydrogen (secondary N) is 1. The molecule has 2 rings (SSSR count). The van der Waals surface area contributed by atoms with Crippen molar-refractivity contribution in [3.63, 3.8) is 0 Å². The number of hydrogen-bond acceptors (Lipinski definition) is 4. The molecule has 0 saturated heterocycles. The highest BCUT2D eigenvalue weighted by Gasteiger charge is 2.17. The van der Waals surface area contributed by atoms with E-state index in [-0.39, 0.29) is 0 Å². The maximum absolute atomic E-state index is 4.63. The molecule has 0 saturated carbocycles. The van der Waals surface area contributed by atoms with E-state index in [0.29, 0.717) is 12.1 Å². The zero-order chi connectivity index (χ0) is 13.8. The molecule has 0 fully saturated rings. The van der Waals surface area contributed by atoms with Gasteiger partial charge in [0.1, 0.15) is 0 Å². The fraction of sp³-hybridized carbons (Fsp3) is 0.571. The summed E-state index contributed by atoms with van der Waals surface area (Å²) in [7, 11) is 0. The van der Waals surface area contributed by atoms with Crippen molar-refractivity contribution in [2.75, 3.05) is 6.54 Å². The number of likely N-dealkylation sites (N-methyl/N-ethyl adjacent to an activating group) is 1. The molecule has 0 bridgehead atoms. The van der Waals surface area contributed by atoms with Crippen LogP contribution in [0.4, 0.5) is 0 Å². The highest BCUT2D eigenvalue weighted by molar-refractivity contribution is 7.09. The van der Waals surface area contributed by atoms with Crippen LogP contribution in [0, 0.1) is 6.92 Å². The van der Waals surface area contributed by atoms with Crippen LogP contribution in [-0.4, -0.2) is 21.3 Å². The number of nitrogens with zero attached hydrogens (tertiary/aromatic N) is 3. The summed E-state index contributed by atoms with van der Waals surface area (Å²) in [4.78, 5) is 5.67. The average molecular weight is 278 g/mol. The topological polar surface area (TPSA) is 42.7 Å². The summed E-state index contributed by atoms with van der Waals surface area (Å²) < 4.78 is 2.01. The Labute approximate surface area is 118 Å². The van der Waals surface area contributed by atoms with Gasteiger partial charge in [-0.1, -0.05) is 6.92 Å². The number of rotatable bonds is 6. The maximum atomic E-state index is 4.63. The number of thiazole rings is 1. The van der Waals surface area contributed by atoms with Crippen LogP contribution in [0.5, 0.6) is 0 Å². The highest BCUT2D eigenvalue weighted by Crippen LogP contribution is 2.24. The third kappa shape index (κ3) is 3.42. The van der Waals surface area contributed by atoms with Crippen molar-refractivity contribution >= 4 is 11.3 Å². The van der Waals surface area contributed by atoms with E-state index in [4.69, 9.17) is 0 Å². The van der Waals surface area contributed by atoms with Crippen molar-refractivity contribution < 1.29 is 0 Å². The largest absolute Gasteiger partial charge is 0.309 e. The van der Waals surface area contributed by atoms with Crippen LogP contribution in [0.3, 0.4) is 0 Å². The first-order chi connectivity index (χ1) is 9.11. The van der Waals surface area contributed by atoms with Crippen LogP contribution < -0.4 is 5.32 Å². The zero-order valence-corrected chi connectivity index (χ0v) is 12.9. The molecule has 0 amide bonds. The SMILES string of the molecule is CCNC(Cc1ccn(C(C)C)n1)c1scnc1C. The molecule has 0 aromatic carbocycles. The maximum Gasteiger partial charge on any atom is 0.0798 e. The van der Waals surface area contributed by atoms with Gasteiger partial charge in [0, 0.05) is 29.6 Å². The summed E-state index contributed by atoms with van der Waals surface area (Å²) in [6.07, 6.45) is 2.97. The lowest BCUT2D eigenvalue weighted by molar-refractivity contribution is 0.508. The summed E-state index contributed by atoms with van der Waals surface area (Å²) >= 11 is 1.72. The molecule has 0 spiro atoms. The summed E-state index contributed by atoms with van der Waals surface area (Å²) in [5.41, 5.74) is 4.17. The van der Waals surface area contributed by atoms with E-state index in [1.165, 1.54) is 4.88 Å². The first kappa shape index (κ1) is 14.2. The van der Waals surface area contributed by atoms with Crippen LogP contribution >= 0.6 is 11.3 Å². The number of hydrogen-bond donors (Lipinski definition) is 1. The first-order valence-corrected chi connectivity index (χ1v) is 7.67. The molecule has 2 heterocycles. The van der Waals surface area contributed by atoms with E-state index in [1.807, 2.05) is 10.2 Å². The third-order valence-electron chi connectivity index (χ3n) is 3.16. The molecule has 0 aliphatic carbocycles. The smallest absolute Gasteiger partial charge is 0.0798 e. The average Bonchev–Trinajstić information content (AvgIpc) is 2.97. The Morgan fingerprint density at radius 3 is 2.74 bits per heavy atom. The Kier molecular flexibility index (Phi) is 4.71. The van der Waals surface area contributed by atoms with Crippen molar-refractivity contribution in [3.8, 4) is 0 Å². The molecule has 0 aliphatic heterocycles. The molecule has 2 aromatic rings. The van der Waals surface area contributed by atoms with Gasteiger partial charge in [-0.15, -0.1) is 11.3 Å². The van der Waals surface area contributed by atoms with E-state index in [9.17, 15) is 0 Å². The minimum absolute atomic E-state index is 0.313. The minimum Gasteiger partial charge on any atom is -0.309 e. The van der Waals surface area contributed by atoms with Crippen molar-refractivity contribution in [1.82, 2.24) is 20.1 Å². The number of aryl methyl sites for hydroxylation is 1. The Hall–Kier alpha value is -1.20. The normalized spacial score (nSPS) is 13.1. The lowest BCUT2D eigenvalue weighted by atomic mass is 10.1. The molecule has 4 nitrogen and oxygen atoms in total. The summed E-state index contributed by atoms with van der Waals surface area (Å²) in [5, 5.41) is 8.17. The van der Waals surface area contributed by atoms with Crippen LogP contribution in [0.25, 0.3) is 0 Å². The van der Waals surface area contributed by atoms with Crippen molar-refractivity contribution in [3.05, 3.63) is 34.0 Å². The van der Waals surface area contributed by atoms with Gasteiger partial charge in [0.2, 0.25) is 0 Å². The van der Waals surface area contributed by atoms with E-state index in [1.54, 1.807) is 11.3 Å². The predicted octanol–water partition coefficient (Wildman–Crippen LogP) is 3.12. The van der Waals surface area contributed by atoms with Gasteiger partial charge in [0.05, 0.1) is 16.9 Å². The van der Waals surface area contributed by atoms with E-state index < -0.39 is 0 Å². The third-order valence-corrected chi connectivity index (χ3v) is 4.20. The molecular weight excluding hydrogens is 256 g/mol. The Bertz CT molecular complexity index is 515. The Morgan fingerprint density at radius 2 is 2.21 bits per heavy atom. The van der Waals surface area contributed by atoms with Gasteiger partial charge in [0.15, 0.2) is 0 Å². The summed E-state index contributed by atoms with van der Waals surface area (Å²) in [6.45, 7) is 9.45. The molecule has 19 heavy (non-hydrogen) atoms. The monoisotopic (exact) mass is 278 g/mol. The van der Waals surface area contributed by atoms with Gasteiger partial charge in [0.25, 0.3) is 0 Å². The van der Waals surface area contributed by atoms with Crippen molar-refractivity contribution in [1.29, 1.82) is 0 Å². The lowest BCUT2D eigenvalue weighted by Gasteiger charge is -2.16. The summed E-state index contributed by atoms with van der Waals surface area (Å²) in [5.74, 6) is 0. The zero-order valence-electron chi connectivity index (χ0n) is 12.1. The second-order valence-corrected chi connectivity index (χ2v) is 5.88. The van der Waals surface area contributed by atoms with Crippen molar-refractivity contribution in [2.24, 2.45) is 0 Å². The van der Waals surface area contributed by atoms with Crippen molar-refractivity contribution in [2.45, 2.75) is 46.2 Å². The molecule has 104 valence electrons. The van der Waals surface area contributed by atoms with Crippen LogP contribution in [0.15, 0.2) is 17.8 Å². The molecule has 2 aromatic heterocycles. The van der Waals surface area contributed by atoms with Gasteiger partial charge in [-0.25, -0.2) is 4.98 Å². The highest BCUT2D eigenvalue weighted by atomic mass is 32.1. The van der Waals surface area contributed by atoms with E-state index in [2.05, 4.69) is 55.4 Å². The molecule has 0 radical (unpaired) electrons. The van der Waals surface area contributed by atoms with E-state index >= 15 is 0 Å². The quantitative estimate of drug-likeness (QED) is 0.883. The molecular formula is C14H22N4S. The first-order valence-electron chi connectivity index (χ1n) is 6.79. The fourth-order valence-electron chi connectivity index (χ4n) is 2.13. The molecule has 0 aliphatic rings. The standard InChI is InChI=1S/C14H22N4S/c1-5-15-13(14-11(4)16-9-19-14)8-12-6-7-18(17-12)10(2)3/h6-7,9-10,13,15H,5,8H2,1-4H3. The van der Waals surface area contributed by atoms with E-state index in [0.717, 1.165) is 24.4 Å². The molecule has 1 N–H and O–H groups in total. The van der Waals surface area contributed by atoms with Gasteiger partial charge < -0.3 is 5.32 Å². The molecule has 1 atom stereocenters. The van der Waals surface area contributed by atoms with Gasteiger partial charge in [-0.3, -0.25) is 4.68 Å². The van der Waals surface area contributed by atoms with Gasteiger partial charge in [-0.2, -0.15) is 5.10 Å².